The highest BCUT2D eigenvalue weighted by Crippen LogP contribution is 2.24. The highest BCUT2D eigenvalue weighted by Gasteiger charge is 2.27. The van der Waals surface area contributed by atoms with Gasteiger partial charge < -0.3 is 9.47 Å². The molecular weight excluding hydrogens is 256 g/mol. The summed E-state index contributed by atoms with van der Waals surface area (Å²) in [5, 5.41) is 0. The standard InChI is InChI=1S/C16H20O4/c1-19-16(18)15(17)13-8-5-9-14(10-13)20-11-12-6-3-2-4-7-12/h2-3,5,8-9,12-13H,4,6-7,10-11H2,1H3. The minimum atomic E-state index is -0.793. The summed E-state index contributed by atoms with van der Waals surface area (Å²) in [4.78, 5) is 23.0. The summed E-state index contributed by atoms with van der Waals surface area (Å²) < 4.78 is 10.3. The van der Waals surface area contributed by atoms with Gasteiger partial charge >= 0.3 is 5.97 Å². The molecule has 0 aromatic rings. The summed E-state index contributed by atoms with van der Waals surface area (Å²) in [6.45, 7) is 0.670. The first kappa shape index (κ1) is 14.6. The van der Waals surface area contributed by atoms with Crippen LogP contribution in [-0.4, -0.2) is 25.5 Å². The first-order valence-corrected chi connectivity index (χ1v) is 6.98. The Balaban J connectivity index is 1.83. The molecule has 0 spiro atoms. The van der Waals surface area contributed by atoms with Gasteiger partial charge in [-0.05, 0) is 31.3 Å². The van der Waals surface area contributed by atoms with Gasteiger partial charge in [-0.25, -0.2) is 4.79 Å². The minimum absolute atomic E-state index is 0.437. The maximum atomic E-state index is 11.8. The molecule has 0 saturated carbocycles. The van der Waals surface area contributed by atoms with Crippen LogP contribution < -0.4 is 0 Å². The summed E-state index contributed by atoms with van der Waals surface area (Å²) in [6, 6.07) is 0. The minimum Gasteiger partial charge on any atom is -0.498 e. The van der Waals surface area contributed by atoms with Crippen molar-refractivity contribution in [2.75, 3.05) is 13.7 Å². The Morgan fingerprint density at radius 1 is 1.35 bits per heavy atom. The first-order chi connectivity index (χ1) is 9.70. The molecule has 0 amide bonds. The predicted molar refractivity (Wildman–Crippen MR) is 74.8 cm³/mol. The van der Waals surface area contributed by atoms with Gasteiger partial charge in [0.05, 0.1) is 25.4 Å². The monoisotopic (exact) mass is 276 g/mol. The molecule has 0 fully saturated rings. The Bertz CT molecular complexity index is 459. The maximum absolute atomic E-state index is 11.8. The van der Waals surface area contributed by atoms with Crippen molar-refractivity contribution >= 4 is 11.8 Å². The molecule has 0 aliphatic heterocycles. The zero-order valence-corrected chi connectivity index (χ0v) is 11.7. The number of hydrogen-bond acceptors (Lipinski definition) is 4. The maximum Gasteiger partial charge on any atom is 0.374 e. The van der Waals surface area contributed by atoms with Gasteiger partial charge in [-0.15, -0.1) is 0 Å². The van der Waals surface area contributed by atoms with Crippen LogP contribution in [0.1, 0.15) is 25.7 Å². The Kier molecular flexibility index (Phi) is 5.16. The van der Waals surface area contributed by atoms with E-state index in [-0.39, 0.29) is 0 Å². The molecule has 0 N–H and O–H groups in total. The number of Topliss-reactive ketones (excluding diaryl/α,β-unsaturated/α-hetero) is 1. The second-order valence-corrected chi connectivity index (χ2v) is 5.15. The van der Waals surface area contributed by atoms with Crippen molar-refractivity contribution < 1.29 is 19.1 Å². The quantitative estimate of drug-likeness (QED) is 0.440. The lowest BCUT2D eigenvalue weighted by Crippen LogP contribution is -2.25. The fourth-order valence-electron chi connectivity index (χ4n) is 2.42. The predicted octanol–water partition coefficient (Wildman–Crippen LogP) is 2.56. The Morgan fingerprint density at radius 3 is 2.90 bits per heavy atom. The molecule has 2 aliphatic rings. The van der Waals surface area contributed by atoms with Gasteiger partial charge in [-0.1, -0.05) is 24.3 Å². The molecule has 4 heteroatoms. The van der Waals surface area contributed by atoms with Crippen LogP contribution >= 0.6 is 0 Å². The van der Waals surface area contributed by atoms with Gasteiger partial charge in [0.25, 0.3) is 0 Å². The highest BCUT2D eigenvalue weighted by atomic mass is 16.5. The van der Waals surface area contributed by atoms with Crippen LogP contribution in [0.25, 0.3) is 0 Å². The second-order valence-electron chi connectivity index (χ2n) is 5.15. The topological polar surface area (TPSA) is 52.6 Å². The molecule has 0 bridgehead atoms. The van der Waals surface area contributed by atoms with Crippen LogP contribution in [0.5, 0.6) is 0 Å². The van der Waals surface area contributed by atoms with Crippen LogP contribution in [0.4, 0.5) is 0 Å². The van der Waals surface area contributed by atoms with E-state index in [9.17, 15) is 9.59 Å². The van der Waals surface area contributed by atoms with Crippen LogP contribution in [0, 0.1) is 11.8 Å². The lowest BCUT2D eigenvalue weighted by atomic mass is 9.94. The largest absolute Gasteiger partial charge is 0.498 e. The molecule has 0 aromatic carbocycles. The summed E-state index contributed by atoms with van der Waals surface area (Å²) >= 11 is 0. The molecule has 20 heavy (non-hydrogen) atoms. The highest BCUT2D eigenvalue weighted by molar-refractivity contribution is 6.34. The van der Waals surface area contributed by atoms with E-state index >= 15 is 0 Å². The average molecular weight is 276 g/mol. The zero-order chi connectivity index (χ0) is 14.4. The molecule has 2 aliphatic carbocycles. The molecule has 4 nitrogen and oxygen atoms in total. The van der Waals surface area contributed by atoms with E-state index in [1.807, 2.05) is 6.08 Å². The zero-order valence-electron chi connectivity index (χ0n) is 11.7. The molecule has 0 aromatic heterocycles. The molecule has 0 heterocycles. The number of methoxy groups -OCH3 is 1. The van der Waals surface area contributed by atoms with Crippen molar-refractivity contribution in [1.29, 1.82) is 0 Å². The van der Waals surface area contributed by atoms with Crippen molar-refractivity contribution in [2.45, 2.75) is 25.7 Å². The van der Waals surface area contributed by atoms with Crippen LogP contribution in [-0.2, 0) is 19.1 Å². The smallest absolute Gasteiger partial charge is 0.374 e. The average Bonchev–Trinajstić information content (AvgIpc) is 2.52. The van der Waals surface area contributed by atoms with E-state index in [0.29, 0.717) is 18.9 Å². The second kappa shape index (κ2) is 7.08. The van der Waals surface area contributed by atoms with E-state index in [2.05, 4.69) is 16.9 Å². The van der Waals surface area contributed by atoms with Gasteiger partial charge in [0.15, 0.2) is 0 Å². The van der Waals surface area contributed by atoms with Gasteiger partial charge in [-0.3, -0.25) is 4.79 Å². The third kappa shape index (κ3) is 3.83. The van der Waals surface area contributed by atoms with Gasteiger partial charge in [0.2, 0.25) is 5.78 Å². The number of esters is 1. The van der Waals surface area contributed by atoms with Crippen molar-refractivity contribution in [2.24, 2.45) is 11.8 Å². The fraction of sp³-hybridized carbons (Fsp3) is 0.500. The normalized spacial score (nSPS) is 24.9. The summed E-state index contributed by atoms with van der Waals surface area (Å²) in [6.07, 6.45) is 13.5. The van der Waals surface area contributed by atoms with E-state index in [0.717, 1.165) is 25.0 Å². The lowest BCUT2D eigenvalue weighted by molar-refractivity contribution is -0.153. The summed E-state index contributed by atoms with van der Waals surface area (Å²) in [5.41, 5.74) is 0. The molecule has 108 valence electrons. The first-order valence-electron chi connectivity index (χ1n) is 6.98. The van der Waals surface area contributed by atoms with Crippen molar-refractivity contribution in [3.8, 4) is 0 Å². The van der Waals surface area contributed by atoms with Crippen molar-refractivity contribution in [3.63, 3.8) is 0 Å². The molecule has 2 rings (SSSR count). The van der Waals surface area contributed by atoms with Crippen molar-refractivity contribution in [1.82, 2.24) is 0 Å². The van der Waals surface area contributed by atoms with Gasteiger partial charge in [0, 0.05) is 6.42 Å². The van der Waals surface area contributed by atoms with E-state index < -0.39 is 17.7 Å². The van der Waals surface area contributed by atoms with E-state index in [1.54, 1.807) is 12.2 Å². The number of carbonyl (C=O) groups is 2. The number of hydrogen-bond donors (Lipinski definition) is 0. The SMILES string of the molecule is COC(=O)C(=O)C1C=CC=C(OCC2CC=CCC2)C1. The molecule has 0 saturated heterocycles. The van der Waals surface area contributed by atoms with Gasteiger partial charge in [0.1, 0.15) is 0 Å². The number of ketones is 1. The number of allylic oxidation sites excluding steroid dienone is 6. The summed E-state index contributed by atoms with van der Waals surface area (Å²) in [7, 11) is 1.22. The lowest BCUT2D eigenvalue weighted by Gasteiger charge is -2.22. The summed E-state index contributed by atoms with van der Waals surface area (Å²) in [5.74, 6) is -0.462. The molecule has 0 radical (unpaired) electrons. The Hall–Kier alpha value is -1.84. The molecule has 2 unspecified atom stereocenters. The van der Waals surface area contributed by atoms with E-state index in [4.69, 9.17) is 4.74 Å². The third-order valence-electron chi connectivity index (χ3n) is 3.65. The van der Waals surface area contributed by atoms with E-state index in [1.165, 1.54) is 7.11 Å². The number of carbonyl (C=O) groups excluding carboxylic acids is 2. The molecular formula is C16H20O4. The number of ether oxygens (including phenoxy) is 2. The van der Waals surface area contributed by atoms with Crippen LogP contribution in [0.2, 0.25) is 0 Å². The van der Waals surface area contributed by atoms with Crippen LogP contribution in [0.3, 0.4) is 0 Å². The molecule has 2 atom stereocenters. The van der Waals surface area contributed by atoms with Gasteiger partial charge in [-0.2, -0.15) is 0 Å². The fourth-order valence-corrected chi connectivity index (χ4v) is 2.42. The Morgan fingerprint density at radius 2 is 2.20 bits per heavy atom. The van der Waals surface area contributed by atoms with Crippen molar-refractivity contribution in [3.05, 3.63) is 36.1 Å². The Labute approximate surface area is 119 Å². The number of rotatable bonds is 5. The van der Waals surface area contributed by atoms with Crippen LogP contribution in [0.15, 0.2) is 36.1 Å². The third-order valence-corrected chi connectivity index (χ3v) is 3.65.